The van der Waals surface area contributed by atoms with E-state index >= 15 is 4.39 Å². The Morgan fingerprint density at radius 2 is 1.35 bits per heavy atom. The zero-order valence-electron chi connectivity index (χ0n) is 18.9. The van der Waals surface area contributed by atoms with Crippen LogP contribution in [0.1, 0.15) is 33.4 Å². The number of rotatable bonds is 8. The fraction of sp³-hybridized carbons (Fsp3) is 0.207. The largest absolute Gasteiger partial charge is 0.380 e. The summed E-state index contributed by atoms with van der Waals surface area (Å²) in [6.45, 7) is 0.375. The number of ether oxygens (including phenoxy) is 1. The molecule has 5 heteroatoms. The highest BCUT2D eigenvalue weighted by Crippen LogP contribution is 2.25. The lowest BCUT2D eigenvalue weighted by atomic mass is 9.97. The van der Waals surface area contributed by atoms with E-state index in [0.29, 0.717) is 54.4 Å². The highest BCUT2D eigenvalue weighted by Gasteiger charge is 2.11. The van der Waals surface area contributed by atoms with E-state index in [1.54, 1.807) is 37.4 Å². The number of hydrogen-bond donors (Lipinski definition) is 0. The van der Waals surface area contributed by atoms with Crippen molar-refractivity contribution in [3.05, 3.63) is 118 Å². The highest BCUT2D eigenvalue weighted by atomic mass is 19.1. The number of halogens is 3. The van der Waals surface area contributed by atoms with Crippen molar-refractivity contribution >= 4 is 10.8 Å². The maximum Gasteiger partial charge on any atom is 0.141 e. The molecule has 0 spiro atoms. The molecule has 0 saturated heterocycles. The summed E-state index contributed by atoms with van der Waals surface area (Å²) in [5.74, 6) is -1.08. The number of hydrogen-bond acceptors (Lipinski definition) is 2. The van der Waals surface area contributed by atoms with Crippen LogP contribution in [0.4, 0.5) is 13.2 Å². The van der Waals surface area contributed by atoms with E-state index in [0.717, 1.165) is 16.5 Å². The second kappa shape index (κ2) is 10.5. The van der Waals surface area contributed by atoms with Crippen LogP contribution in [-0.2, 0) is 37.0 Å². The molecule has 0 aromatic heterocycles. The first-order chi connectivity index (χ1) is 16.5. The van der Waals surface area contributed by atoms with Crippen molar-refractivity contribution in [3.63, 3.8) is 0 Å². The molecule has 4 rings (SSSR count). The van der Waals surface area contributed by atoms with E-state index in [-0.39, 0.29) is 17.2 Å². The molecule has 0 heterocycles. The lowest BCUT2D eigenvalue weighted by molar-refractivity contribution is 0.184. The molecule has 0 amide bonds. The minimum atomic E-state index is -0.558. The average molecular weight is 460 g/mol. The Bertz CT molecular complexity index is 1370. The van der Waals surface area contributed by atoms with Gasteiger partial charge in [-0.1, -0.05) is 48.5 Å². The van der Waals surface area contributed by atoms with Crippen LogP contribution >= 0.6 is 0 Å². The van der Waals surface area contributed by atoms with Gasteiger partial charge in [-0.25, -0.2) is 13.2 Å². The van der Waals surface area contributed by atoms with Crippen molar-refractivity contribution in [2.75, 3.05) is 7.11 Å². The van der Waals surface area contributed by atoms with Crippen molar-refractivity contribution in [2.45, 2.75) is 32.3 Å². The van der Waals surface area contributed by atoms with Crippen LogP contribution in [0, 0.1) is 28.8 Å². The third-order valence-corrected chi connectivity index (χ3v) is 6.05. The van der Waals surface area contributed by atoms with Crippen LogP contribution in [0.5, 0.6) is 0 Å². The van der Waals surface area contributed by atoms with Gasteiger partial charge in [-0.15, -0.1) is 0 Å². The highest BCUT2D eigenvalue weighted by molar-refractivity contribution is 5.84. The van der Waals surface area contributed by atoms with E-state index in [1.807, 2.05) is 24.3 Å². The van der Waals surface area contributed by atoms with E-state index in [9.17, 15) is 8.78 Å². The van der Waals surface area contributed by atoms with Gasteiger partial charge in [0.1, 0.15) is 23.5 Å². The van der Waals surface area contributed by atoms with Gasteiger partial charge in [0.25, 0.3) is 0 Å². The summed E-state index contributed by atoms with van der Waals surface area (Å²) in [6, 6.07) is 20.7. The number of aryl methyl sites for hydroxylation is 4. The Morgan fingerprint density at radius 3 is 2.06 bits per heavy atom. The molecule has 34 heavy (non-hydrogen) atoms. The topological polar surface area (TPSA) is 33.0 Å². The van der Waals surface area contributed by atoms with Gasteiger partial charge >= 0.3 is 0 Å². The summed E-state index contributed by atoms with van der Waals surface area (Å²) >= 11 is 0. The molecule has 172 valence electrons. The van der Waals surface area contributed by atoms with Gasteiger partial charge in [0.2, 0.25) is 0 Å². The second-order valence-electron chi connectivity index (χ2n) is 8.38. The fourth-order valence-corrected chi connectivity index (χ4v) is 4.15. The Hall–Kier alpha value is -3.62. The Labute approximate surface area is 197 Å². The zero-order valence-corrected chi connectivity index (χ0v) is 18.9. The molecule has 0 N–H and O–H groups in total. The minimum absolute atomic E-state index is 0.00212. The maximum absolute atomic E-state index is 15.1. The number of benzene rings is 4. The van der Waals surface area contributed by atoms with Crippen molar-refractivity contribution in [3.8, 4) is 6.07 Å². The van der Waals surface area contributed by atoms with Gasteiger partial charge in [-0.2, -0.15) is 5.26 Å². The molecule has 0 aliphatic carbocycles. The summed E-state index contributed by atoms with van der Waals surface area (Å²) in [7, 11) is 1.58. The Morgan fingerprint density at radius 1 is 0.706 bits per heavy atom. The predicted molar refractivity (Wildman–Crippen MR) is 127 cm³/mol. The summed E-state index contributed by atoms with van der Waals surface area (Å²) in [4.78, 5) is 0. The number of fused-ring (bicyclic) bond motifs is 1. The number of nitrogens with zero attached hydrogens (tertiary/aromatic N) is 1. The maximum atomic E-state index is 15.1. The third kappa shape index (κ3) is 5.30. The van der Waals surface area contributed by atoms with E-state index < -0.39 is 5.82 Å². The lowest BCUT2D eigenvalue weighted by Gasteiger charge is -2.10. The van der Waals surface area contributed by atoms with Gasteiger partial charge in [0.15, 0.2) is 0 Å². The molecule has 4 aromatic carbocycles. The Balaban J connectivity index is 1.45. The van der Waals surface area contributed by atoms with Crippen LogP contribution in [-0.4, -0.2) is 7.11 Å². The summed E-state index contributed by atoms with van der Waals surface area (Å²) in [5.41, 5.74) is 3.72. The van der Waals surface area contributed by atoms with Crippen molar-refractivity contribution in [1.29, 1.82) is 5.26 Å². The molecule has 2 nitrogen and oxygen atoms in total. The third-order valence-electron chi connectivity index (χ3n) is 6.05. The van der Waals surface area contributed by atoms with Crippen LogP contribution in [0.3, 0.4) is 0 Å². The molecule has 0 fully saturated rings. The quantitative estimate of drug-likeness (QED) is 0.289. The molecule has 0 aliphatic heterocycles. The fourth-order valence-electron chi connectivity index (χ4n) is 4.15. The SMILES string of the molecule is COCc1ccc(CCc2ccc3c(F)c(CCc4ccc(C#N)c(F)c4)ccc3c2)c(F)c1. The Kier molecular flexibility index (Phi) is 7.30. The zero-order chi connectivity index (χ0) is 24.1. The minimum Gasteiger partial charge on any atom is -0.380 e. The molecule has 0 unspecified atom stereocenters. The molecule has 0 bridgehead atoms. The first-order valence-corrected chi connectivity index (χ1v) is 11.1. The monoisotopic (exact) mass is 459 g/mol. The standard InChI is InChI=1S/C29H24F3NO/c1-34-18-21-5-8-22(27(30)16-21)7-2-19-6-13-26-24(14-19)12-11-23(29(26)32)9-3-20-4-10-25(17-33)28(31)15-20/h4-6,8,10-16H,2-3,7,9,18H2,1H3. The molecule has 0 radical (unpaired) electrons. The van der Waals surface area contributed by atoms with E-state index in [2.05, 4.69) is 0 Å². The molecular weight excluding hydrogens is 435 g/mol. The summed E-state index contributed by atoms with van der Waals surface area (Å²) in [6.07, 6.45) is 2.08. The number of methoxy groups -OCH3 is 1. The van der Waals surface area contributed by atoms with Gasteiger partial charge in [0, 0.05) is 12.5 Å². The molecule has 0 atom stereocenters. The van der Waals surface area contributed by atoms with Gasteiger partial charge in [-0.3, -0.25) is 0 Å². The molecule has 0 saturated carbocycles. The first kappa shape index (κ1) is 23.5. The predicted octanol–water partition coefficient (Wildman–Crippen LogP) is 6.85. The smallest absolute Gasteiger partial charge is 0.141 e. The lowest BCUT2D eigenvalue weighted by Crippen LogP contribution is -1.99. The van der Waals surface area contributed by atoms with Crippen LogP contribution in [0.2, 0.25) is 0 Å². The van der Waals surface area contributed by atoms with Crippen LogP contribution in [0.25, 0.3) is 10.8 Å². The number of nitriles is 1. The van der Waals surface area contributed by atoms with Crippen LogP contribution < -0.4 is 0 Å². The van der Waals surface area contributed by atoms with Gasteiger partial charge < -0.3 is 4.74 Å². The van der Waals surface area contributed by atoms with Crippen molar-refractivity contribution < 1.29 is 17.9 Å². The van der Waals surface area contributed by atoms with Crippen LogP contribution in [0.15, 0.2) is 66.7 Å². The summed E-state index contributed by atoms with van der Waals surface area (Å²) < 4.78 is 48.3. The summed E-state index contributed by atoms with van der Waals surface area (Å²) in [5, 5.41) is 10.2. The molecule has 0 aliphatic rings. The molecule has 4 aromatic rings. The van der Waals surface area contributed by atoms with Gasteiger partial charge in [-0.05, 0) is 77.1 Å². The first-order valence-electron chi connectivity index (χ1n) is 11.1. The van der Waals surface area contributed by atoms with E-state index in [1.165, 1.54) is 18.2 Å². The van der Waals surface area contributed by atoms with Crippen molar-refractivity contribution in [2.24, 2.45) is 0 Å². The van der Waals surface area contributed by atoms with E-state index in [4.69, 9.17) is 10.00 Å². The second-order valence-corrected chi connectivity index (χ2v) is 8.38. The average Bonchev–Trinajstić information content (AvgIpc) is 2.83. The van der Waals surface area contributed by atoms with Crippen molar-refractivity contribution in [1.82, 2.24) is 0 Å². The normalized spacial score (nSPS) is 11.0. The molecular formula is C29H24F3NO. The van der Waals surface area contributed by atoms with Gasteiger partial charge in [0.05, 0.1) is 12.2 Å².